The molecule has 0 aromatic carbocycles. The number of anilines is 1. The minimum absolute atomic E-state index is 0.105. The summed E-state index contributed by atoms with van der Waals surface area (Å²) in [6, 6.07) is 4.15. The lowest BCUT2D eigenvalue weighted by atomic mass is 10.1. The van der Waals surface area contributed by atoms with Gasteiger partial charge in [-0.2, -0.15) is 11.8 Å². The zero-order chi connectivity index (χ0) is 14.5. The fourth-order valence-electron chi connectivity index (χ4n) is 2.36. The molecule has 1 aliphatic rings. The summed E-state index contributed by atoms with van der Waals surface area (Å²) in [5.74, 6) is 3.10. The Bertz CT molecular complexity index is 472. The Morgan fingerprint density at radius 2 is 2.30 bits per heavy atom. The lowest BCUT2D eigenvalue weighted by molar-refractivity contribution is 0.0747. The van der Waals surface area contributed by atoms with Crippen LogP contribution in [-0.4, -0.2) is 46.9 Å². The molecule has 1 unspecified atom stereocenters. The van der Waals surface area contributed by atoms with E-state index in [9.17, 15) is 4.79 Å². The van der Waals surface area contributed by atoms with Crippen LogP contribution in [0.2, 0.25) is 0 Å². The molecule has 1 aliphatic heterocycles. The first-order chi connectivity index (χ1) is 9.65. The molecule has 0 saturated carbocycles. The number of hydrogen-bond donors (Lipinski definition) is 1. The van der Waals surface area contributed by atoms with Crippen LogP contribution in [0.4, 0.5) is 5.82 Å². The van der Waals surface area contributed by atoms with Crippen molar-refractivity contribution in [3.05, 3.63) is 23.4 Å². The minimum atomic E-state index is 0.105. The number of carbonyl (C=O) groups excluding carboxylic acids is 1. The number of rotatable bonds is 5. The first-order valence-corrected chi connectivity index (χ1v) is 8.40. The number of aromatic nitrogens is 1. The summed E-state index contributed by atoms with van der Waals surface area (Å²) in [5, 5.41) is 3.20. The van der Waals surface area contributed by atoms with Crippen molar-refractivity contribution in [3.8, 4) is 0 Å². The summed E-state index contributed by atoms with van der Waals surface area (Å²) in [4.78, 5) is 19.0. The maximum atomic E-state index is 12.6. The molecular formula is C15H23N3OS. The monoisotopic (exact) mass is 293 g/mol. The van der Waals surface area contributed by atoms with E-state index in [4.69, 9.17) is 0 Å². The van der Waals surface area contributed by atoms with E-state index in [1.54, 1.807) is 0 Å². The lowest BCUT2D eigenvalue weighted by Crippen LogP contribution is -2.37. The second kappa shape index (κ2) is 6.97. The standard InChI is InChI=1S/C15H23N3OS/c1-4-12-8-11(9-14(17-12)16-5-2)15(19)18(3)13-6-7-20-10-13/h8-9,13H,4-7,10H2,1-3H3,(H,16,17). The summed E-state index contributed by atoms with van der Waals surface area (Å²) >= 11 is 1.92. The van der Waals surface area contributed by atoms with Crippen LogP contribution >= 0.6 is 11.8 Å². The molecule has 1 amide bonds. The molecule has 1 aromatic rings. The normalized spacial score (nSPS) is 18.1. The van der Waals surface area contributed by atoms with Crippen molar-refractivity contribution in [2.45, 2.75) is 32.7 Å². The van der Waals surface area contributed by atoms with Crippen LogP contribution in [0.15, 0.2) is 12.1 Å². The average molecular weight is 293 g/mol. The number of pyridine rings is 1. The predicted molar refractivity (Wildman–Crippen MR) is 85.6 cm³/mol. The van der Waals surface area contributed by atoms with Crippen molar-refractivity contribution in [1.29, 1.82) is 0 Å². The zero-order valence-corrected chi connectivity index (χ0v) is 13.3. The number of thioether (sulfide) groups is 1. The Morgan fingerprint density at radius 1 is 1.50 bits per heavy atom. The van der Waals surface area contributed by atoms with Crippen molar-refractivity contribution < 1.29 is 4.79 Å². The Morgan fingerprint density at radius 3 is 2.90 bits per heavy atom. The van der Waals surface area contributed by atoms with Gasteiger partial charge >= 0.3 is 0 Å². The van der Waals surface area contributed by atoms with Crippen LogP contribution in [0.25, 0.3) is 0 Å². The van der Waals surface area contributed by atoms with Gasteiger partial charge in [0.25, 0.3) is 5.91 Å². The lowest BCUT2D eigenvalue weighted by Gasteiger charge is -2.24. The number of aryl methyl sites for hydroxylation is 1. The van der Waals surface area contributed by atoms with E-state index < -0.39 is 0 Å². The molecule has 1 aromatic heterocycles. The summed E-state index contributed by atoms with van der Waals surface area (Å²) in [6.45, 7) is 4.90. The van der Waals surface area contributed by atoms with Crippen LogP contribution in [-0.2, 0) is 6.42 Å². The quantitative estimate of drug-likeness (QED) is 0.906. The van der Waals surface area contributed by atoms with E-state index in [1.165, 1.54) is 0 Å². The minimum Gasteiger partial charge on any atom is -0.370 e. The fourth-order valence-corrected chi connectivity index (χ4v) is 3.63. The molecule has 20 heavy (non-hydrogen) atoms. The van der Waals surface area contributed by atoms with E-state index >= 15 is 0 Å². The molecule has 2 rings (SSSR count). The molecule has 1 atom stereocenters. The molecule has 1 fully saturated rings. The van der Waals surface area contributed by atoms with Crippen molar-refractivity contribution in [1.82, 2.24) is 9.88 Å². The van der Waals surface area contributed by atoms with Crippen molar-refractivity contribution in [3.63, 3.8) is 0 Å². The fraction of sp³-hybridized carbons (Fsp3) is 0.600. The molecule has 5 heteroatoms. The van der Waals surface area contributed by atoms with Gasteiger partial charge in [-0.25, -0.2) is 4.98 Å². The second-order valence-corrected chi connectivity index (χ2v) is 6.20. The molecule has 1 N–H and O–H groups in total. The number of nitrogens with zero attached hydrogens (tertiary/aromatic N) is 2. The van der Waals surface area contributed by atoms with E-state index in [-0.39, 0.29) is 5.91 Å². The number of carbonyl (C=O) groups is 1. The van der Waals surface area contributed by atoms with Gasteiger partial charge < -0.3 is 10.2 Å². The maximum Gasteiger partial charge on any atom is 0.254 e. The third-order valence-corrected chi connectivity index (χ3v) is 4.76. The van der Waals surface area contributed by atoms with Crippen molar-refractivity contribution in [2.24, 2.45) is 0 Å². The molecule has 2 heterocycles. The SMILES string of the molecule is CCNc1cc(C(=O)N(C)C2CCSC2)cc(CC)n1. The highest BCUT2D eigenvalue weighted by molar-refractivity contribution is 7.99. The molecule has 0 radical (unpaired) electrons. The Labute approximate surface area is 125 Å². The predicted octanol–water partition coefficient (Wildman–Crippen LogP) is 2.65. The second-order valence-electron chi connectivity index (χ2n) is 5.05. The van der Waals surface area contributed by atoms with E-state index in [2.05, 4.69) is 17.2 Å². The summed E-state index contributed by atoms with van der Waals surface area (Å²) in [7, 11) is 1.91. The van der Waals surface area contributed by atoms with Gasteiger partial charge in [-0.15, -0.1) is 0 Å². The smallest absolute Gasteiger partial charge is 0.254 e. The highest BCUT2D eigenvalue weighted by Gasteiger charge is 2.25. The summed E-state index contributed by atoms with van der Waals surface area (Å²) in [6.07, 6.45) is 1.93. The third-order valence-electron chi connectivity index (χ3n) is 3.62. The summed E-state index contributed by atoms with van der Waals surface area (Å²) < 4.78 is 0. The van der Waals surface area contributed by atoms with Crippen molar-refractivity contribution in [2.75, 3.05) is 30.4 Å². The van der Waals surface area contributed by atoms with Gasteiger partial charge in [0.05, 0.1) is 0 Å². The molecule has 4 nitrogen and oxygen atoms in total. The molecular weight excluding hydrogens is 270 g/mol. The van der Waals surface area contributed by atoms with Gasteiger partial charge in [-0.1, -0.05) is 6.92 Å². The largest absolute Gasteiger partial charge is 0.370 e. The topological polar surface area (TPSA) is 45.2 Å². The molecule has 110 valence electrons. The maximum absolute atomic E-state index is 12.6. The number of amides is 1. The average Bonchev–Trinajstić information content (AvgIpc) is 2.99. The van der Waals surface area contributed by atoms with E-state index in [1.807, 2.05) is 42.8 Å². The molecule has 0 aliphatic carbocycles. The van der Waals surface area contributed by atoms with Crippen LogP contribution in [0.3, 0.4) is 0 Å². The van der Waals surface area contributed by atoms with Gasteiger partial charge in [-0.3, -0.25) is 4.79 Å². The van der Waals surface area contributed by atoms with Crippen LogP contribution in [0.1, 0.15) is 36.3 Å². The van der Waals surface area contributed by atoms with Crippen molar-refractivity contribution >= 4 is 23.5 Å². The zero-order valence-electron chi connectivity index (χ0n) is 12.5. The molecule has 0 spiro atoms. The third kappa shape index (κ3) is 3.45. The van der Waals surface area contributed by atoms with Crippen LogP contribution in [0, 0.1) is 0 Å². The first-order valence-electron chi connectivity index (χ1n) is 7.25. The first kappa shape index (κ1) is 15.2. The van der Waals surface area contributed by atoms with Gasteiger partial charge in [-0.05, 0) is 37.7 Å². The summed E-state index contributed by atoms with van der Waals surface area (Å²) in [5.41, 5.74) is 1.70. The van der Waals surface area contributed by atoms with Crippen LogP contribution in [0.5, 0.6) is 0 Å². The highest BCUT2D eigenvalue weighted by Crippen LogP contribution is 2.23. The van der Waals surface area contributed by atoms with E-state index in [0.717, 1.165) is 48.0 Å². The van der Waals surface area contributed by atoms with Gasteiger partial charge in [0.1, 0.15) is 5.82 Å². The molecule has 1 saturated heterocycles. The van der Waals surface area contributed by atoms with Gasteiger partial charge in [0.15, 0.2) is 0 Å². The highest BCUT2D eigenvalue weighted by atomic mass is 32.2. The number of hydrogen-bond acceptors (Lipinski definition) is 4. The van der Waals surface area contributed by atoms with Crippen LogP contribution < -0.4 is 5.32 Å². The Balaban J connectivity index is 2.21. The number of nitrogens with one attached hydrogen (secondary N) is 1. The van der Waals surface area contributed by atoms with Gasteiger partial charge in [0.2, 0.25) is 0 Å². The van der Waals surface area contributed by atoms with E-state index in [0.29, 0.717) is 6.04 Å². The van der Waals surface area contributed by atoms with Gasteiger partial charge in [0, 0.05) is 36.6 Å². The Hall–Kier alpha value is -1.23. The Kier molecular flexibility index (Phi) is 5.29. The molecule has 0 bridgehead atoms.